The lowest BCUT2D eigenvalue weighted by molar-refractivity contribution is -0.120. The number of nitrogens with one attached hydrogen (secondary N) is 1. The molecule has 5 heteroatoms. The number of halogens is 1. The van der Waals surface area contributed by atoms with Gasteiger partial charge in [0.1, 0.15) is 0 Å². The number of amides is 1. The fourth-order valence-electron chi connectivity index (χ4n) is 1.59. The summed E-state index contributed by atoms with van der Waals surface area (Å²) in [5, 5.41) is 4.52. The predicted octanol–water partition coefficient (Wildman–Crippen LogP) is 3.97. The minimum Gasteiger partial charge on any atom is -0.273 e. The highest BCUT2D eigenvalue weighted by Crippen LogP contribution is 2.17. The Kier molecular flexibility index (Phi) is 6.31. The van der Waals surface area contributed by atoms with Crippen LogP contribution in [-0.2, 0) is 4.79 Å². The molecule has 0 atom stereocenters. The summed E-state index contributed by atoms with van der Waals surface area (Å²) in [4.78, 5) is 12.8. The van der Waals surface area contributed by atoms with Crippen LogP contribution >= 0.6 is 23.4 Å². The zero-order valence-electron chi connectivity index (χ0n) is 11.3. The van der Waals surface area contributed by atoms with Crippen molar-refractivity contribution in [2.45, 2.75) is 11.3 Å². The second-order valence-corrected chi connectivity index (χ2v) is 5.80. The molecule has 0 aromatic heterocycles. The SMILES string of the molecule is O=C(CCSc1ccccc1)N/N=C\c1ccccc1Cl. The van der Waals surface area contributed by atoms with E-state index in [4.69, 9.17) is 11.6 Å². The average molecular weight is 319 g/mol. The fourth-order valence-corrected chi connectivity index (χ4v) is 2.65. The van der Waals surface area contributed by atoms with Crippen molar-refractivity contribution in [3.8, 4) is 0 Å². The van der Waals surface area contributed by atoms with E-state index < -0.39 is 0 Å². The molecule has 0 fully saturated rings. The molecule has 21 heavy (non-hydrogen) atoms. The largest absolute Gasteiger partial charge is 0.273 e. The van der Waals surface area contributed by atoms with Crippen molar-refractivity contribution in [3.05, 3.63) is 65.2 Å². The van der Waals surface area contributed by atoms with Crippen molar-refractivity contribution in [2.24, 2.45) is 5.10 Å². The van der Waals surface area contributed by atoms with Crippen LogP contribution in [-0.4, -0.2) is 17.9 Å². The first-order valence-corrected chi connectivity index (χ1v) is 7.86. The molecule has 0 bridgehead atoms. The van der Waals surface area contributed by atoms with Crippen LogP contribution in [0.1, 0.15) is 12.0 Å². The summed E-state index contributed by atoms with van der Waals surface area (Å²) in [5.41, 5.74) is 3.28. The molecule has 0 radical (unpaired) electrons. The molecule has 0 saturated carbocycles. The Morgan fingerprint density at radius 3 is 2.62 bits per heavy atom. The number of hydrogen-bond donors (Lipinski definition) is 1. The van der Waals surface area contributed by atoms with Gasteiger partial charge in [0.2, 0.25) is 5.91 Å². The van der Waals surface area contributed by atoms with Gasteiger partial charge in [-0.05, 0) is 18.2 Å². The van der Waals surface area contributed by atoms with E-state index in [2.05, 4.69) is 10.5 Å². The molecule has 108 valence electrons. The van der Waals surface area contributed by atoms with Gasteiger partial charge in [-0.1, -0.05) is 48.0 Å². The lowest BCUT2D eigenvalue weighted by atomic mass is 10.2. The van der Waals surface area contributed by atoms with Crippen LogP contribution < -0.4 is 5.43 Å². The molecular formula is C16H15ClN2OS. The topological polar surface area (TPSA) is 41.5 Å². The maximum Gasteiger partial charge on any atom is 0.240 e. The number of rotatable bonds is 6. The molecule has 2 aromatic carbocycles. The normalized spacial score (nSPS) is 10.7. The molecule has 0 spiro atoms. The minimum atomic E-state index is -0.110. The molecule has 2 rings (SSSR count). The van der Waals surface area contributed by atoms with Gasteiger partial charge in [0.15, 0.2) is 0 Å². The third kappa shape index (κ3) is 5.61. The molecule has 0 aliphatic heterocycles. The van der Waals surface area contributed by atoms with E-state index in [-0.39, 0.29) is 5.91 Å². The number of benzene rings is 2. The van der Waals surface area contributed by atoms with Gasteiger partial charge in [0.25, 0.3) is 0 Å². The Morgan fingerprint density at radius 2 is 1.86 bits per heavy atom. The van der Waals surface area contributed by atoms with Gasteiger partial charge in [-0.25, -0.2) is 5.43 Å². The first-order valence-electron chi connectivity index (χ1n) is 6.50. The van der Waals surface area contributed by atoms with E-state index in [1.165, 1.54) is 0 Å². The Bertz CT molecular complexity index is 617. The average Bonchev–Trinajstić information content (AvgIpc) is 2.50. The zero-order valence-corrected chi connectivity index (χ0v) is 12.9. The van der Waals surface area contributed by atoms with Gasteiger partial charge in [-0.2, -0.15) is 5.10 Å². The van der Waals surface area contributed by atoms with Crippen molar-refractivity contribution in [2.75, 3.05) is 5.75 Å². The van der Waals surface area contributed by atoms with Gasteiger partial charge in [-0.3, -0.25) is 4.79 Å². The number of carbonyl (C=O) groups excluding carboxylic acids is 1. The van der Waals surface area contributed by atoms with Crippen LogP contribution in [0.2, 0.25) is 5.02 Å². The smallest absolute Gasteiger partial charge is 0.240 e. The molecule has 2 aromatic rings. The minimum absolute atomic E-state index is 0.110. The summed E-state index contributed by atoms with van der Waals surface area (Å²) in [7, 11) is 0. The standard InChI is InChI=1S/C16H15ClN2OS/c17-15-9-5-4-6-13(15)12-18-19-16(20)10-11-21-14-7-2-1-3-8-14/h1-9,12H,10-11H2,(H,19,20)/b18-12-. The molecule has 0 aliphatic carbocycles. The first kappa shape index (κ1) is 15.6. The zero-order chi connectivity index (χ0) is 14.9. The van der Waals surface area contributed by atoms with E-state index in [0.29, 0.717) is 11.4 Å². The molecule has 1 amide bonds. The second-order valence-electron chi connectivity index (χ2n) is 4.23. The van der Waals surface area contributed by atoms with Crippen molar-refractivity contribution >= 4 is 35.5 Å². The van der Waals surface area contributed by atoms with Crippen LogP contribution in [0.25, 0.3) is 0 Å². The second kappa shape index (κ2) is 8.49. The highest BCUT2D eigenvalue weighted by atomic mass is 35.5. The van der Waals surface area contributed by atoms with Crippen LogP contribution in [0.3, 0.4) is 0 Å². The van der Waals surface area contributed by atoms with Crippen LogP contribution in [0.15, 0.2) is 64.6 Å². The van der Waals surface area contributed by atoms with Crippen LogP contribution in [0, 0.1) is 0 Å². The summed E-state index contributed by atoms with van der Waals surface area (Å²) in [6.45, 7) is 0. The number of hydrogen-bond acceptors (Lipinski definition) is 3. The third-order valence-corrected chi connectivity index (χ3v) is 4.00. The molecule has 0 unspecified atom stereocenters. The fraction of sp³-hybridized carbons (Fsp3) is 0.125. The van der Waals surface area contributed by atoms with Gasteiger partial charge < -0.3 is 0 Å². The number of nitrogens with zero attached hydrogens (tertiary/aromatic N) is 1. The summed E-state index contributed by atoms with van der Waals surface area (Å²) in [5.74, 6) is 0.610. The van der Waals surface area contributed by atoms with Gasteiger partial charge in [0, 0.05) is 27.7 Å². The lowest BCUT2D eigenvalue weighted by Gasteiger charge is -2.01. The Morgan fingerprint density at radius 1 is 1.14 bits per heavy atom. The van der Waals surface area contributed by atoms with Crippen LogP contribution in [0.4, 0.5) is 0 Å². The Labute approximate surface area is 133 Å². The summed E-state index contributed by atoms with van der Waals surface area (Å²) >= 11 is 7.63. The quantitative estimate of drug-likeness (QED) is 0.497. The molecular weight excluding hydrogens is 304 g/mol. The Balaban J connectivity index is 1.71. The predicted molar refractivity (Wildman–Crippen MR) is 89.0 cm³/mol. The van der Waals surface area contributed by atoms with Gasteiger partial charge in [-0.15, -0.1) is 11.8 Å². The molecule has 0 saturated heterocycles. The summed E-state index contributed by atoms with van der Waals surface area (Å²) in [6.07, 6.45) is 1.96. The van der Waals surface area contributed by atoms with E-state index in [1.54, 1.807) is 24.0 Å². The van der Waals surface area contributed by atoms with Crippen molar-refractivity contribution < 1.29 is 4.79 Å². The maximum absolute atomic E-state index is 11.6. The van der Waals surface area contributed by atoms with Gasteiger partial charge >= 0.3 is 0 Å². The van der Waals surface area contributed by atoms with Crippen molar-refractivity contribution in [1.82, 2.24) is 5.43 Å². The number of thioether (sulfide) groups is 1. The van der Waals surface area contributed by atoms with E-state index in [0.717, 1.165) is 16.2 Å². The van der Waals surface area contributed by atoms with E-state index in [9.17, 15) is 4.79 Å². The lowest BCUT2D eigenvalue weighted by Crippen LogP contribution is -2.17. The monoisotopic (exact) mass is 318 g/mol. The van der Waals surface area contributed by atoms with Crippen LogP contribution in [0.5, 0.6) is 0 Å². The first-order chi connectivity index (χ1) is 10.3. The van der Waals surface area contributed by atoms with E-state index >= 15 is 0 Å². The van der Waals surface area contributed by atoms with Crippen molar-refractivity contribution in [3.63, 3.8) is 0 Å². The number of hydrazone groups is 1. The van der Waals surface area contributed by atoms with Crippen molar-refractivity contribution in [1.29, 1.82) is 0 Å². The highest BCUT2D eigenvalue weighted by molar-refractivity contribution is 7.99. The molecule has 0 heterocycles. The van der Waals surface area contributed by atoms with E-state index in [1.807, 2.05) is 48.5 Å². The maximum atomic E-state index is 11.6. The number of carbonyl (C=O) groups is 1. The third-order valence-electron chi connectivity index (χ3n) is 2.64. The molecule has 0 aliphatic rings. The summed E-state index contributed by atoms with van der Waals surface area (Å²) in [6, 6.07) is 17.3. The molecule has 1 N–H and O–H groups in total. The molecule has 3 nitrogen and oxygen atoms in total. The highest BCUT2D eigenvalue weighted by Gasteiger charge is 2.00. The summed E-state index contributed by atoms with van der Waals surface area (Å²) < 4.78 is 0. The Hall–Kier alpha value is -1.78. The van der Waals surface area contributed by atoms with Gasteiger partial charge in [0.05, 0.1) is 6.21 Å².